The highest BCUT2D eigenvalue weighted by Crippen LogP contribution is 2.18. The van der Waals surface area contributed by atoms with Crippen molar-refractivity contribution < 1.29 is 9.47 Å². The molecule has 5 nitrogen and oxygen atoms in total. The Balaban J connectivity index is 0.00000242. The predicted molar refractivity (Wildman–Crippen MR) is 104 cm³/mol. The third-order valence-electron chi connectivity index (χ3n) is 3.22. The zero-order chi connectivity index (χ0) is 14.9. The SMILES string of the molecule is COc1cccc(OCCCN=C(N)N2CCSCC2)c1.I. The Morgan fingerprint density at radius 3 is 2.77 bits per heavy atom. The van der Waals surface area contributed by atoms with Crippen LogP contribution in [0.15, 0.2) is 29.3 Å². The molecule has 1 aliphatic rings. The van der Waals surface area contributed by atoms with Crippen molar-refractivity contribution in [3.05, 3.63) is 24.3 Å². The van der Waals surface area contributed by atoms with Crippen molar-refractivity contribution in [3.8, 4) is 11.5 Å². The molecule has 7 heteroatoms. The van der Waals surface area contributed by atoms with Crippen molar-refractivity contribution in [1.82, 2.24) is 4.90 Å². The molecule has 22 heavy (non-hydrogen) atoms. The van der Waals surface area contributed by atoms with Gasteiger partial charge in [0.05, 0.1) is 13.7 Å². The summed E-state index contributed by atoms with van der Waals surface area (Å²) in [7, 11) is 1.65. The topological polar surface area (TPSA) is 60.1 Å². The molecule has 0 saturated carbocycles. The van der Waals surface area contributed by atoms with E-state index in [-0.39, 0.29) is 24.0 Å². The maximum atomic E-state index is 5.99. The van der Waals surface area contributed by atoms with E-state index in [0.717, 1.165) is 42.5 Å². The average molecular weight is 437 g/mol. The second-order valence-corrected chi connectivity index (χ2v) is 5.95. The third kappa shape index (κ3) is 6.51. The summed E-state index contributed by atoms with van der Waals surface area (Å²) >= 11 is 1.97. The Morgan fingerprint density at radius 1 is 1.32 bits per heavy atom. The molecule has 1 aromatic carbocycles. The number of aliphatic imine (C=N–C) groups is 1. The van der Waals surface area contributed by atoms with Gasteiger partial charge in [0, 0.05) is 43.6 Å². The molecule has 0 spiro atoms. The lowest BCUT2D eigenvalue weighted by Crippen LogP contribution is -2.42. The maximum Gasteiger partial charge on any atom is 0.191 e. The van der Waals surface area contributed by atoms with Crippen molar-refractivity contribution in [2.75, 3.05) is 44.9 Å². The summed E-state index contributed by atoms with van der Waals surface area (Å²) in [6.07, 6.45) is 0.848. The second kappa shape index (κ2) is 10.8. The van der Waals surface area contributed by atoms with E-state index in [4.69, 9.17) is 15.2 Å². The number of hydrogen-bond acceptors (Lipinski definition) is 4. The van der Waals surface area contributed by atoms with E-state index < -0.39 is 0 Å². The van der Waals surface area contributed by atoms with Gasteiger partial charge in [-0.05, 0) is 12.1 Å². The largest absolute Gasteiger partial charge is 0.497 e. The van der Waals surface area contributed by atoms with Crippen LogP contribution in [0.5, 0.6) is 11.5 Å². The van der Waals surface area contributed by atoms with Crippen LogP contribution in [0.1, 0.15) is 6.42 Å². The van der Waals surface area contributed by atoms with Crippen LogP contribution in [0.25, 0.3) is 0 Å². The quantitative estimate of drug-likeness (QED) is 0.321. The fraction of sp³-hybridized carbons (Fsp3) is 0.533. The van der Waals surface area contributed by atoms with Crippen LogP contribution in [0.3, 0.4) is 0 Å². The van der Waals surface area contributed by atoms with Gasteiger partial charge < -0.3 is 20.1 Å². The lowest BCUT2D eigenvalue weighted by Gasteiger charge is -2.27. The lowest BCUT2D eigenvalue weighted by molar-refractivity contribution is 0.310. The summed E-state index contributed by atoms with van der Waals surface area (Å²) in [5.41, 5.74) is 5.99. The summed E-state index contributed by atoms with van der Waals surface area (Å²) in [6.45, 7) is 3.32. The normalized spacial score (nSPS) is 15.1. The van der Waals surface area contributed by atoms with Crippen molar-refractivity contribution >= 4 is 41.7 Å². The van der Waals surface area contributed by atoms with Crippen LogP contribution >= 0.6 is 35.7 Å². The van der Waals surface area contributed by atoms with Crippen molar-refractivity contribution in [1.29, 1.82) is 0 Å². The molecule has 124 valence electrons. The minimum Gasteiger partial charge on any atom is -0.497 e. The van der Waals surface area contributed by atoms with Crippen LogP contribution in [0.4, 0.5) is 0 Å². The summed E-state index contributed by atoms with van der Waals surface area (Å²) in [4.78, 5) is 6.57. The fourth-order valence-corrected chi connectivity index (χ4v) is 2.93. The van der Waals surface area contributed by atoms with Crippen LogP contribution in [-0.4, -0.2) is 55.7 Å². The fourth-order valence-electron chi connectivity index (χ4n) is 2.03. The Morgan fingerprint density at radius 2 is 2.05 bits per heavy atom. The number of methoxy groups -OCH3 is 1. The monoisotopic (exact) mass is 437 g/mol. The number of nitrogens with two attached hydrogens (primary N) is 1. The number of benzene rings is 1. The minimum absolute atomic E-state index is 0. The lowest BCUT2D eigenvalue weighted by atomic mass is 10.3. The molecule has 1 heterocycles. The highest BCUT2D eigenvalue weighted by Gasteiger charge is 2.11. The molecule has 2 N–H and O–H groups in total. The first-order valence-corrected chi connectivity index (χ1v) is 8.34. The summed E-state index contributed by atoms with van der Waals surface area (Å²) in [5, 5.41) is 0. The van der Waals surface area contributed by atoms with Gasteiger partial charge in [0.25, 0.3) is 0 Å². The number of nitrogens with zero attached hydrogens (tertiary/aromatic N) is 2. The van der Waals surface area contributed by atoms with Crippen molar-refractivity contribution in [2.24, 2.45) is 10.7 Å². The Kier molecular flexibility index (Phi) is 9.45. The van der Waals surface area contributed by atoms with Gasteiger partial charge in [-0.25, -0.2) is 0 Å². The van der Waals surface area contributed by atoms with Crippen LogP contribution in [0, 0.1) is 0 Å². The molecule has 1 saturated heterocycles. The third-order valence-corrected chi connectivity index (χ3v) is 4.16. The molecular weight excluding hydrogens is 413 g/mol. The molecule has 0 aliphatic carbocycles. The van der Waals surface area contributed by atoms with E-state index in [0.29, 0.717) is 19.1 Å². The van der Waals surface area contributed by atoms with E-state index >= 15 is 0 Å². The molecular formula is C15H24IN3O2S. The smallest absolute Gasteiger partial charge is 0.191 e. The maximum absolute atomic E-state index is 5.99. The highest BCUT2D eigenvalue weighted by atomic mass is 127. The zero-order valence-electron chi connectivity index (χ0n) is 12.9. The van der Waals surface area contributed by atoms with Gasteiger partial charge in [0.1, 0.15) is 11.5 Å². The molecule has 2 rings (SSSR count). The van der Waals surface area contributed by atoms with Gasteiger partial charge in [-0.2, -0.15) is 11.8 Å². The van der Waals surface area contributed by atoms with Gasteiger partial charge in [0.2, 0.25) is 0 Å². The average Bonchev–Trinajstić information content (AvgIpc) is 2.55. The Bertz CT molecular complexity index is 468. The predicted octanol–water partition coefficient (Wildman–Crippen LogP) is 2.45. The number of hydrogen-bond donors (Lipinski definition) is 1. The van der Waals surface area contributed by atoms with Gasteiger partial charge in [0.15, 0.2) is 5.96 Å². The first kappa shape index (κ1) is 19.2. The van der Waals surface area contributed by atoms with Crippen LogP contribution < -0.4 is 15.2 Å². The minimum atomic E-state index is 0. The van der Waals surface area contributed by atoms with Gasteiger partial charge in [-0.15, -0.1) is 24.0 Å². The molecule has 0 aromatic heterocycles. The van der Waals surface area contributed by atoms with Crippen LogP contribution in [0.2, 0.25) is 0 Å². The second-order valence-electron chi connectivity index (χ2n) is 4.72. The van der Waals surface area contributed by atoms with Gasteiger partial charge >= 0.3 is 0 Å². The molecule has 1 aromatic rings. The molecule has 0 bridgehead atoms. The first-order chi connectivity index (χ1) is 10.3. The van der Waals surface area contributed by atoms with E-state index in [9.17, 15) is 0 Å². The van der Waals surface area contributed by atoms with E-state index in [1.807, 2.05) is 36.0 Å². The zero-order valence-corrected chi connectivity index (χ0v) is 16.0. The van der Waals surface area contributed by atoms with Gasteiger partial charge in [-0.3, -0.25) is 4.99 Å². The summed E-state index contributed by atoms with van der Waals surface area (Å²) in [6, 6.07) is 7.61. The van der Waals surface area contributed by atoms with Crippen LogP contribution in [-0.2, 0) is 0 Å². The highest BCUT2D eigenvalue weighted by molar-refractivity contribution is 14.0. The van der Waals surface area contributed by atoms with Crippen molar-refractivity contribution in [2.45, 2.75) is 6.42 Å². The number of guanidine groups is 1. The molecule has 0 unspecified atom stereocenters. The molecule has 0 radical (unpaired) electrons. The first-order valence-electron chi connectivity index (χ1n) is 7.19. The molecule has 1 aliphatic heterocycles. The van der Waals surface area contributed by atoms with E-state index in [1.165, 1.54) is 0 Å². The number of rotatable bonds is 6. The Hall–Kier alpha value is -0.830. The molecule has 0 amide bonds. The number of ether oxygens (including phenoxy) is 2. The van der Waals surface area contributed by atoms with Crippen molar-refractivity contribution in [3.63, 3.8) is 0 Å². The Labute approximate surface area is 153 Å². The van der Waals surface area contributed by atoms with E-state index in [1.54, 1.807) is 7.11 Å². The standard InChI is InChI=1S/C15H23N3O2S.HI/c1-19-13-4-2-5-14(12-13)20-9-3-6-17-15(16)18-7-10-21-11-8-18;/h2,4-5,12H,3,6-11H2,1H3,(H2,16,17);1H. The number of thioether (sulfide) groups is 1. The summed E-state index contributed by atoms with van der Waals surface area (Å²) < 4.78 is 10.8. The summed E-state index contributed by atoms with van der Waals surface area (Å²) in [5.74, 6) is 4.55. The number of halogens is 1. The molecule has 1 fully saturated rings. The van der Waals surface area contributed by atoms with Gasteiger partial charge in [-0.1, -0.05) is 6.07 Å². The van der Waals surface area contributed by atoms with E-state index in [2.05, 4.69) is 9.89 Å². The molecule has 0 atom stereocenters.